The predicted molar refractivity (Wildman–Crippen MR) is 92.1 cm³/mol. The van der Waals surface area contributed by atoms with E-state index in [2.05, 4.69) is 7.08 Å². The summed E-state index contributed by atoms with van der Waals surface area (Å²) in [4.78, 5) is 24.5. The Morgan fingerprint density at radius 3 is 1.52 bits per heavy atom. The molecule has 6 nitrogen and oxygen atoms in total. The molecule has 0 bridgehead atoms. The van der Waals surface area contributed by atoms with Crippen molar-refractivity contribution in [1.82, 2.24) is 7.08 Å². The molecule has 25 heavy (non-hydrogen) atoms. The molecular weight excluding hydrogens is 427 g/mol. The van der Waals surface area contributed by atoms with E-state index in [0.717, 1.165) is 11.1 Å². The standard InChI is InChI=1S/2C9H10NO2.Sn/c2*10-8(9(11)12)6-7-4-2-1-3-5-7;/h2*1-5,8,10H,6H2,(H,11,12);/q2*-1;+4/p-2/t2*8-;/m10./s1. The van der Waals surface area contributed by atoms with Gasteiger partial charge in [0.25, 0.3) is 0 Å². The van der Waals surface area contributed by atoms with Crippen LogP contribution in [0.5, 0.6) is 0 Å². The number of hydrogen-bond acceptors (Lipinski definition) is 6. The molecule has 4 rings (SSSR count). The second kappa shape index (κ2) is 6.78. The van der Waals surface area contributed by atoms with E-state index in [1.54, 1.807) is 0 Å². The molecule has 0 amide bonds. The van der Waals surface area contributed by atoms with E-state index in [1.807, 2.05) is 60.7 Å². The molecule has 2 saturated heterocycles. The van der Waals surface area contributed by atoms with Gasteiger partial charge in [0.1, 0.15) is 0 Å². The molecule has 2 aromatic carbocycles. The van der Waals surface area contributed by atoms with Crippen molar-refractivity contribution in [3.63, 3.8) is 0 Å². The molecule has 1 spiro atoms. The van der Waals surface area contributed by atoms with Gasteiger partial charge in [0.15, 0.2) is 0 Å². The molecule has 2 heterocycles. The minimum absolute atomic E-state index is 0.347. The number of carbonyl (C=O) groups excluding carboxylic acids is 2. The Hall–Kier alpha value is -1.90. The van der Waals surface area contributed by atoms with Crippen LogP contribution < -0.4 is 7.08 Å². The van der Waals surface area contributed by atoms with Crippen LogP contribution in [0.15, 0.2) is 60.7 Å². The van der Waals surface area contributed by atoms with E-state index in [-0.39, 0.29) is 11.9 Å². The molecule has 0 aliphatic carbocycles. The average Bonchev–Trinajstić information content (AvgIpc) is 3.07. The average molecular weight is 445 g/mol. The fourth-order valence-corrected chi connectivity index (χ4v) is 10.5. The summed E-state index contributed by atoms with van der Waals surface area (Å²) in [5.74, 6) is -0.694. The van der Waals surface area contributed by atoms with Crippen molar-refractivity contribution in [2.75, 3.05) is 0 Å². The zero-order valence-corrected chi connectivity index (χ0v) is 16.3. The van der Waals surface area contributed by atoms with Crippen LogP contribution in [0.4, 0.5) is 0 Å². The van der Waals surface area contributed by atoms with Crippen molar-refractivity contribution in [2.24, 2.45) is 0 Å². The zero-order chi connectivity index (χ0) is 17.3. The molecule has 0 aromatic heterocycles. The molecule has 2 fully saturated rings. The van der Waals surface area contributed by atoms with Crippen LogP contribution in [0.2, 0.25) is 0 Å². The molecule has 2 N–H and O–H groups in total. The summed E-state index contributed by atoms with van der Waals surface area (Å²) in [7, 11) is 0. The van der Waals surface area contributed by atoms with Crippen LogP contribution in [0.25, 0.3) is 0 Å². The van der Waals surface area contributed by atoms with Gasteiger partial charge in [-0.15, -0.1) is 0 Å². The maximum atomic E-state index is 12.2. The van der Waals surface area contributed by atoms with Gasteiger partial charge < -0.3 is 0 Å². The number of hydrogen-bond donors (Lipinski definition) is 2. The van der Waals surface area contributed by atoms with Gasteiger partial charge in [0.05, 0.1) is 0 Å². The van der Waals surface area contributed by atoms with E-state index in [9.17, 15) is 9.59 Å². The summed E-state index contributed by atoms with van der Waals surface area (Å²) in [6.45, 7) is 0. The quantitative estimate of drug-likeness (QED) is 0.683. The van der Waals surface area contributed by atoms with E-state index >= 15 is 0 Å². The fraction of sp³-hybridized carbons (Fsp3) is 0.222. The van der Waals surface area contributed by atoms with Crippen molar-refractivity contribution in [1.29, 1.82) is 0 Å². The van der Waals surface area contributed by atoms with Gasteiger partial charge in [-0.3, -0.25) is 0 Å². The normalized spacial score (nSPS) is 28.2. The SMILES string of the molecule is O=C1[O][Sn]2([NH][C@H]1Cc1ccccc1)[NH][C@H](Cc1ccccc1)C(=O)[O]2. The summed E-state index contributed by atoms with van der Waals surface area (Å²) in [5, 5.41) is 0. The fourth-order valence-electron chi connectivity index (χ4n) is 3.15. The van der Waals surface area contributed by atoms with Gasteiger partial charge in [-0.1, -0.05) is 0 Å². The van der Waals surface area contributed by atoms with Gasteiger partial charge in [-0.05, 0) is 0 Å². The van der Waals surface area contributed by atoms with Crippen molar-refractivity contribution < 1.29 is 15.7 Å². The van der Waals surface area contributed by atoms with E-state index in [4.69, 9.17) is 6.15 Å². The van der Waals surface area contributed by atoms with Gasteiger partial charge in [0.2, 0.25) is 0 Å². The number of nitrogens with one attached hydrogen (secondary N) is 2. The van der Waals surface area contributed by atoms with E-state index < -0.39 is 31.8 Å². The first-order valence-corrected chi connectivity index (χ1v) is 13.4. The Labute approximate surface area is 151 Å². The van der Waals surface area contributed by atoms with Crippen LogP contribution in [0, 0.1) is 0 Å². The second-order valence-corrected chi connectivity index (χ2v) is 12.6. The predicted octanol–water partition coefficient (Wildman–Crippen LogP) is 0.937. The monoisotopic (exact) mass is 446 g/mol. The van der Waals surface area contributed by atoms with E-state index in [0.29, 0.717) is 12.8 Å². The Bertz CT molecular complexity index is 717. The summed E-state index contributed by atoms with van der Waals surface area (Å²) >= 11 is -4.08. The molecule has 1 unspecified atom stereocenters. The molecule has 3 atom stereocenters. The maximum absolute atomic E-state index is 12.2. The molecule has 0 saturated carbocycles. The number of rotatable bonds is 4. The molecule has 0 radical (unpaired) electrons. The van der Waals surface area contributed by atoms with Gasteiger partial charge >= 0.3 is 151 Å². The molecule has 2 aliphatic rings. The third-order valence-corrected chi connectivity index (χ3v) is 11.3. The summed E-state index contributed by atoms with van der Waals surface area (Å²) in [6.07, 6.45) is 1.03. The van der Waals surface area contributed by atoms with Crippen molar-refractivity contribution in [2.45, 2.75) is 24.9 Å². The molecular formula is C18H18N2O4Sn. The first-order valence-electron chi connectivity index (χ1n) is 8.22. The van der Waals surface area contributed by atoms with Crippen LogP contribution in [0.1, 0.15) is 11.1 Å². The molecule has 2 aliphatic heterocycles. The minimum atomic E-state index is -4.08. The molecule has 128 valence electrons. The second-order valence-electron chi connectivity index (χ2n) is 6.23. The van der Waals surface area contributed by atoms with E-state index in [1.165, 1.54) is 0 Å². The first kappa shape index (κ1) is 16.6. The Balaban J connectivity index is 1.44. The topological polar surface area (TPSA) is 76.7 Å². The summed E-state index contributed by atoms with van der Waals surface area (Å²) < 4.78 is 17.5. The van der Waals surface area contributed by atoms with Crippen LogP contribution >= 0.6 is 0 Å². The van der Waals surface area contributed by atoms with Crippen LogP contribution in [-0.2, 0) is 28.6 Å². The summed E-state index contributed by atoms with van der Waals surface area (Å²) in [5.41, 5.74) is 2.07. The van der Waals surface area contributed by atoms with Crippen molar-refractivity contribution in [3.05, 3.63) is 71.8 Å². The van der Waals surface area contributed by atoms with Gasteiger partial charge in [-0.25, -0.2) is 0 Å². The number of carbonyl (C=O) groups is 2. The van der Waals surface area contributed by atoms with Crippen molar-refractivity contribution >= 4 is 31.7 Å². The van der Waals surface area contributed by atoms with Crippen LogP contribution in [0.3, 0.4) is 0 Å². The first-order chi connectivity index (χ1) is 12.1. The Morgan fingerprint density at radius 2 is 1.12 bits per heavy atom. The van der Waals surface area contributed by atoms with Crippen molar-refractivity contribution in [3.8, 4) is 0 Å². The van der Waals surface area contributed by atoms with Crippen LogP contribution in [-0.4, -0.2) is 43.8 Å². The molecule has 2 aromatic rings. The Kier molecular flexibility index (Phi) is 4.49. The van der Waals surface area contributed by atoms with Gasteiger partial charge in [-0.2, -0.15) is 0 Å². The number of benzene rings is 2. The molecule has 7 heteroatoms. The Morgan fingerprint density at radius 1 is 0.720 bits per heavy atom. The summed E-state index contributed by atoms with van der Waals surface area (Å²) in [6, 6.07) is 18.5. The van der Waals surface area contributed by atoms with Gasteiger partial charge in [0, 0.05) is 0 Å². The third-order valence-electron chi connectivity index (χ3n) is 4.35. The zero-order valence-electron chi connectivity index (χ0n) is 13.5. The third kappa shape index (κ3) is 3.56.